The number of benzene rings is 2. The molecule has 3 aromatic rings. The van der Waals surface area contributed by atoms with Gasteiger partial charge in [-0.1, -0.05) is 40.5 Å². The normalized spacial score (nSPS) is 28.0. The van der Waals surface area contributed by atoms with Crippen molar-refractivity contribution in [3.05, 3.63) is 65.4 Å². The second-order valence-corrected chi connectivity index (χ2v) is 13.6. The molecule has 0 spiro atoms. The molecular weight excluding hydrogens is 670 g/mol. The summed E-state index contributed by atoms with van der Waals surface area (Å²) in [6.07, 6.45) is 10.7. The molecule has 0 amide bonds. The number of aromatic nitrogens is 1. The van der Waals surface area contributed by atoms with Crippen LogP contribution in [0.4, 0.5) is 5.69 Å². The van der Waals surface area contributed by atoms with Crippen LogP contribution in [0, 0.1) is 17.8 Å². The van der Waals surface area contributed by atoms with E-state index in [1.807, 2.05) is 13.8 Å². The van der Waals surface area contributed by atoms with E-state index < -0.39 is 0 Å². The monoisotopic (exact) mass is 722 g/mol. The number of rotatable bonds is 5. The first-order valence-corrected chi connectivity index (χ1v) is 18.6. The van der Waals surface area contributed by atoms with Gasteiger partial charge in [0.25, 0.3) is 0 Å². The standard InChI is InChI=1S/C29H36N3.C4H10.C2H6.Pb/c1-19-14-21-15-20(2)17-29(16-19,18-21)31-23-10-8-22(9-11-23)28-27-25(12-13-32(28)3)24-6-4-5-7-26(24)30-27;1-3-4-2;1-2;/h4-11,19-21,28,30-31H,3,12-18H2,1-2H3;3-4H2,1-2H3;1-2H3;. The van der Waals surface area contributed by atoms with Crippen LogP contribution in [0.15, 0.2) is 48.5 Å². The van der Waals surface area contributed by atoms with Crippen LogP contribution in [0.1, 0.15) is 109 Å². The smallest absolute Gasteiger partial charge is 0.0564 e. The molecule has 3 unspecified atom stereocenters. The van der Waals surface area contributed by atoms with Gasteiger partial charge in [-0.05, 0) is 0 Å². The van der Waals surface area contributed by atoms with Crippen LogP contribution >= 0.6 is 0 Å². The van der Waals surface area contributed by atoms with E-state index in [0.717, 1.165) is 30.7 Å². The van der Waals surface area contributed by atoms with Gasteiger partial charge in [-0.3, -0.25) is 0 Å². The number of nitrogens with one attached hydrogen (secondary N) is 2. The van der Waals surface area contributed by atoms with E-state index in [-0.39, 0.29) is 0 Å². The molecule has 6 rings (SSSR count). The average molecular weight is 722 g/mol. The number of para-hydroxylation sites is 1. The Morgan fingerprint density at radius 1 is 0.923 bits per heavy atom. The molecule has 2 bridgehead atoms. The third kappa shape index (κ3) is 6.94. The van der Waals surface area contributed by atoms with E-state index in [1.165, 1.54) is 108 Å². The fraction of sp³-hybridized carbons (Fsp3) is 0.600. The summed E-state index contributed by atoms with van der Waals surface area (Å²) in [5.74, 6) is 2.59. The van der Waals surface area contributed by atoms with Crippen LogP contribution in [0.5, 0.6) is 0 Å². The van der Waals surface area contributed by atoms with Crippen LogP contribution in [0.3, 0.4) is 0 Å². The van der Waals surface area contributed by atoms with Gasteiger partial charge in [-0.2, -0.15) is 0 Å². The Morgan fingerprint density at radius 3 is 2.18 bits per heavy atom. The molecule has 3 nitrogen and oxygen atoms in total. The Labute approximate surface area is 254 Å². The topological polar surface area (TPSA) is 31.1 Å². The molecule has 2 saturated carbocycles. The number of hydrogen-bond acceptors (Lipinski definition) is 2. The molecule has 2 heterocycles. The summed E-state index contributed by atoms with van der Waals surface area (Å²) >= 11 is 1.20. The minimum absolute atomic E-state index is 0.303. The predicted molar refractivity (Wildman–Crippen MR) is 171 cm³/mol. The molecule has 4 heteroatoms. The summed E-state index contributed by atoms with van der Waals surface area (Å²) in [6, 6.07) is 18.7. The second-order valence-electron chi connectivity index (χ2n) is 12.4. The molecule has 2 aromatic carbocycles. The zero-order valence-corrected chi connectivity index (χ0v) is 29.3. The van der Waals surface area contributed by atoms with Crippen molar-refractivity contribution in [1.82, 2.24) is 9.88 Å². The summed E-state index contributed by atoms with van der Waals surface area (Å²) in [6.45, 7) is 14.4. The number of H-pyrrole nitrogens is 1. The summed E-state index contributed by atoms with van der Waals surface area (Å²) in [5, 5.41) is 5.48. The Morgan fingerprint density at radius 2 is 1.56 bits per heavy atom. The van der Waals surface area contributed by atoms with Crippen molar-refractivity contribution >= 4 is 42.4 Å². The molecule has 3 radical (unpaired) electrons. The zero-order valence-electron chi connectivity index (χ0n) is 25.4. The van der Waals surface area contributed by atoms with Gasteiger partial charge in [0.15, 0.2) is 0 Å². The summed E-state index contributed by atoms with van der Waals surface area (Å²) in [7, 11) is 0. The van der Waals surface area contributed by atoms with Crippen LogP contribution in [0.2, 0.25) is 0 Å². The number of aromatic amines is 1. The number of fused-ring (bicyclic) bond motifs is 5. The number of unbranched alkanes of at least 4 members (excludes halogenated alkanes) is 1. The second kappa shape index (κ2) is 14.0. The van der Waals surface area contributed by atoms with E-state index in [0.29, 0.717) is 11.6 Å². The van der Waals surface area contributed by atoms with E-state index in [1.54, 1.807) is 0 Å². The van der Waals surface area contributed by atoms with Crippen LogP contribution in [-0.4, -0.2) is 51.8 Å². The molecule has 211 valence electrons. The SMILES string of the molecule is CC.CC1CC2CC(C)CC(Nc3ccc(C4c5[nH]c6ccccc6c5CCN4[CH2][Pb])cc3)(C1)C2.CCCC. The van der Waals surface area contributed by atoms with Crippen molar-refractivity contribution < 1.29 is 0 Å². The molecule has 2 fully saturated rings. The zero-order chi connectivity index (χ0) is 28.0. The van der Waals surface area contributed by atoms with Gasteiger partial charge in [0.05, 0.1) is 0 Å². The predicted octanol–water partition coefficient (Wildman–Crippen LogP) is 9.09. The van der Waals surface area contributed by atoms with Gasteiger partial charge in [0, 0.05) is 0 Å². The van der Waals surface area contributed by atoms with Crippen molar-refractivity contribution in [2.45, 2.75) is 104 Å². The van der Waals surface area contributed by atoms with Crippen molar-refractivity contribution in [2.75, 3.05) is 16.0 Å². The van der Waals surface area contributed by atoms with E-state index in [2.05, 4.69) is 91.4 Å². The number of anilines is 1. The third-order valence-corrected chi connectivity index (χ3v) is 10.7. The molecule has 2 aliphatic carbocycles. The van der Waals surface area contributed by atoms with Crippen molar-refractivity contribution in [1.29, 1.82) is 0 Å². The van der Waals surface area contributed by atoms with Crippen molar-refractivity contribution in [3.8, 4) is 0 Å². The molecular formula is C35H52N3Pb. The van der Waals surface area contributed by atoms with E-state index in [4.69, 9.17) is 0 Å². The summed E-state index contributed by atoms with van der Waals surface area (Å²) in [4.78, 5) is 6.49. The quantitative estimate of drug-likeness (QED) is 0.258. The van der Waals surface area contributed by atoms with Crippen LogP contribution in [0.25, 0.3) is 10.9 Å². The van der Waals surface area contributed by atoms with E-state index in [9.17, 15) is 0 Å². The number of nitrogens with zero attached hydrogens (tertiary/aromatic N) is 1. The molecule has 1 aromatic heterocycles. The Balaban J connectivity index is 0.000000541. The minimum atomic E-state index is 0.303. The van der Waals surface area contributed by atoms with Crippen LogP contribution in [-0.2, 0) is 6.42 Å². The first-order chi connectivity index (χ1) is 18.9. The first-order valence-electron chi connectivity index (χ1n) is 15.8. The van der Waals surface area contributed by atoms with Crippen LogP contribution < -0.4 is 5.32 Å². The molecule has 2 N–H and O–H groups in total. The van der Waals surface area contributed by atoms with Gasteiger partial charge in [0.1, 0.15) is 0 Å². The fourth-order valence-corrected chi connectivity index (χ4v) is 9.08. The molecule has 39 heavy (non-hydrogen) atoms. The number of hydrogen-bond donors (Lipinski definition) is 2. The van der Waals surface area contributed by atoms with Gasteiger partial charge in [0.2, 0.25) is 0 Å². The third-order valence-electron chi connectivity index (χ3n) is 9.10. The molecule has 3 aliphatic rings. The Hall–Kier alpha value is -1.34. The Kier molecular flexibility index (Phi) is 11.0. The maximum atomic E-state index is 4.07. The molecule has 3 atom stereocenters. The van der Waals surface area contributed by atoms with Crippen molar-refractivity contribution in [3.63, 3.8) is 0 Å². The largest absolute Gasteiger partial charge is 0.0654 e. The van der Waals surface area contributed by atoms with E-state index >= 15 is 0 Å². The van der Waals surface area contributed by atoms with Gasteiger partial charge >= 0.3 is 215 Å². The van der Waals surface area contributed by atoms with Gasteiger partial charge in [-0.25, -0.2) is 0 Å². The summed E-state index contributed by atoms with van der Waals surface area (Å²) < 4.78 is 1.21. The minimum Gasteiger partial charge on any atom is -0.0654 e. The summed E-state index contributed by atoms with van der Waals surface area (Å²) in [5.41, 5.74) is 7.27. The average Bonchev–Trinajstić information content (AvgIpc) is 3.32. The maximum Gasteiger partial charge on any atom is -0.0564 e. The molecule has 1 aliphatic heterocycles. The maximum absolute atomic E-state index is 4.07. The Bertz CT molecular complexity index is 1140. The van der Waals surface area contributed by atoms with Crippen molar-refractivity contribution in [2.24, 2.45) is 17.8 Å². The fourth-order valence-electron chi connectivity index (χ4n) is 7.75. The molecule has 0 saturated heterocycles. The van der Waals surface area contributed by atoms with Gasteiger partial charge in [-0.15, -0.1) is 0 Å². The van der Waals surface area contributed by atoms with Gasteiger partial charge < -0.3 is 0 Å². The first kappa shape index (κ1) is 30.6.